The topological polar surface area (TPSA) is 83.2 Å². The standard InChI is InChI=1S/C16H13ClN4O2/c1-9(2)23-14-5-10(3-4-12(14)17)13-6-15(22)21-16(20-13)11(7-18)8-19-21/h3-6,8-9,19H,1-2H3. The van der Waals surface area contributed by atoms with Gasteiger partial charge in [-0.1, -0.05) is 17.7 Å². The lowest BCUT2D eigenvalue weighted by Gasteiger charge is -2.12. The Morgan fingerprint density at radius 1 is 1.39 bits per heavy atom. The molecule has 0 unspecified atom stereocenters. The zero-order valence-corrected chi connectivity index (χ0v) is 13.3. The molecule has 0 saturated heterocycles. The van der Waals surface area contributed by atoms with Crippen LogP contribution < -0.4 is 10.3 Å². The summed E-state index contributed by atoms with van der Waals surface area (Å²) in [6, 6.07) is 8.59. The Morgan fingerprint density at radius 3 is 2.87 bits per heavy atom. The van der Waals surface area contributed by atoms with Crippen molar-refractivity contribution in [1.29, 1.82) is 5.26 Å². The molecule has 3 aromatic rings. The molecule has 0 saturated carbocycles. The number of H-pyrrole nitrogens is 1. The van der Waals surface area contributed by atoms with Crippen molar-refractivity contribution in [2.24, 2.45) is 0 Å². The molecule has 0 aliphatic heterocycles. The molecule has 0 fully saturated rings. The van der Waals surface area contributed by atoms with E-state index in [1.807, 2.05) is 19.9 Å². The first kappa shape index (κ1) is 15.1. The van der Waals surface area contributed by atoms with Crippen LogP contribution in [0.4, 0.5) is 0 Å². The van der Waals surface area contributed by atoms with Gasteiger partial charge in [-0.2, -0.15) is 5.26 Å². The highest BCUT2D eigenvalue weighted by Gasteiger charge is 2.12. The molecule has 23 heavy (non-hydrogen) atoms. The van der Waals surface area contributed by atoms with Crippen LogP contribution >= 0.6 is 11.6 Å². The number of nitrogens with zero attached hydrogens (tertiary/aromatic N) is 3. The van der Waals surface area contributed by atoms with E-state index < -0.39 is 0 Å². The second-order valence-electron chi connectivity index (χ2n) is 5.25. The van der Waals surface area contributed by atoms with Crippen LogP contribution in [0.3, 0.4) is 0 Å². The number of rotatable bonds is 3. The van der Waals surface area contributed by atoms with Crippen LogP contribution in [0.5, 0.6) is 5.75 Å². The average Bonchev–Trinajstić information content (AvgIpc) is 2.92. The molecule has 0 bridgehead atoms. The van der Waals surface area contributed by atoms with Gasteiger partial charge in [0, 0.05) is 17.8 Å². The van der Waals surface area contributed by atoms with Crippen molar-refractivity contribution in [3.8, 4) is 23.1 Å². The van der Waals surface area contributed by atoms with E-state index in [1.54, 1.807) is 18.2 Å². The highest BCUT2D eigenvalue weighted by atomic mass is 35.5. The third-order valence-electron chi connectivity index (χ3n) is 3.21. The Bertz CT molecular complexity index is 982. The minimum absolute atomic E-state index is 0.0290. The molecule has 0 radical (unpaired) electrons. The smallest absolute Gasteiger partial charge is 0.273 e. The minimum Gasteiger partial charge on any atom is -0.489 e. The molecule has 6 nitrogen and oxygen atoms in total. The summed E-state index contributed by atoms with van der Waals surface area (Å²) in [5.74, 6) is 0.524. The van der Waals surface area contributed by atoms with Gasteiger partial charge in [0.15, 0.2) is 5.65 Å². The molecular weight excluding hydrogens is 316 g/mol. The van der Waals surface area contributed by atoms with Crippen LogP contribution in [0, 0.1) is 11.3 Å². The van der Waals surface area contributed by atoms with Crippen molar-refractivity contribution < 1.29 is 4.74 Å². The maximum atomic E-state index is 12.2. The van der Waals surface area contributed by atoms with Crippen LogP contribution in [-0.2, 0) is 0 Å². The van der Waals surface area contributed by atoms with Gasteiger partial charge in [0.25, 0.3) is 5.56 Å². The van der Waals surface area contributed by atoms with Crippen molar-refractivity contribution in [3.05, 3.63) is 51.4 Å². The summed E-state index contributed by atoms with van der Waals surface area (Å²) in [4.78, 5) is 16.6. The zero-order valence-electron chi connectivity index (χ0n) is 12.5. The number of benzene rings is 1. The lowest BCUT2D eigenvalue weighted by molar-refractivity contribution is 0.242. The molecule has 1 N–H and O–H groups in total. The molecule has 3 rings (SSSR count). The number of hydrogen-bond acceptors (Lipinski definition) is 4. The Labute approximate surface area is 136 Å². The Balaban J connectivity index is 2.17. The molecule has 0 amide bonds. The Morgan fingerprint density at radius 2 is 2.17 bits per heavy atom. The summed E-state index contributed by atoms with van der Waals surface area (Å²) in [5.41, 5.74) is 1.44. The molecule has 0 aliphatic carbocycles. The molecule has 7 heteroatoms. The summed E-state index contributed by atoms with van der Waals surface area (Å²) in [6.07, 6.45) is 1.42. The monoisotopic (exact) mass is 328 g/mol. The van der Waals surface area contributed by atoms with E-state index in [0.717, 1.165) is 0 Å². The molecule has 116 valence electrons. The minimum atomic E-state index is -0.298. The molecular formula is C16H13ClN4O2. The maximum absolute atomic E-state index is 12.2. The van der Waals surface area contributed by atoms with Gasteiger partial charge in [0.1, 0.15) is 17.4 Å². The number of hydrogen-bond donors (Lipinski definition) is 1. The average molecular weight is 329 g/mol. The highest BCUT2D eigenvalue weighted by molar-refractivity contribution is 6.32. The normalized spacial score (nSPS) is 10.9. The fourth-order valence-corrected chi connectivity index (χ4v) is 2.38. The van der Waals surface area contributed by atoms with Crippen LogP contribution in [0.25, 0.3) is 16.9 Å². The number of halogens is 1. The molecule has 2 heterocycles. The number of aromatic nitrogens is 3. The van der Waals surface area contributed by atoms with Crippen molar-refractivity contribution >= 4 is 17.2 Å². The van der Waals surface area contributed by atoms with E-state index in [4.69, 9.17) is 21.6 Å². The number of aromatic amines is 1. The van der Waals surface area contributed by atoms with Crippen LogP contribution in [0.2, 0.25) is 5.02 Å². The number of nitrogens with one attached hydrogen (secondary N) is 1. The van der Waals surface area contributed by atoms with Gasteiger partial charge in [-0.05, 0) is 26.0 Å². The highest BCUT2D eigenvalue weighted by Crippen LogP contribution is 2.30. The maximum Gasteiger partial charge on any atom is 0.273 e. The van der Waals surface area contributed by atoms with Gasteiger partial charge < -0.3 is 4.74 Å². The fraction of sp³-hybridized carbons (Fsp3) is 0.188. The summed E-state index contributed by atoms with van der Waals surface area (Å²) in [5, 5.41) is 12.3. The molecule has 1 aromatic carbocycles. The van der Waals surface area contributed by atoms with E-state index in [-0.39, 0.29) is 17.3 Å². The zero-order chi connectivity index (χ0) is 16.6. The first-order chi connectivity index (χ1) is 11.0. The van der Waals surface area contributed by atoms with Crippen molar-refractivity contribution in [3.63, 3.8) is 0 Å². The number of nitriles is 1. The molecule has 0 spiro atoms. The quantitative estimate of drug-likeness (QED) is 0.801. The fourth-order valence-electron chi connectivity index (χ4n) is 2.22. The summed E-state index contributed by atoms with van der Waals surface area (Å²) >= 11 is 6.12. The summed E-state index contributed by atoms with van der Waals surface area (Å²) in [7, 11) is 0. The largest absolute Gasteiger partial charge is 0.489 e. The third kappa shape index (κ3) is 2.79. The van der Waals surface area contributed by atoms with Crippen LogP contribution in [0.1, 0.15) is 19.4 Å². The predicted molar refractivity (Wildman–Crippen MR) is 86.7 cm³/mol. The van der Waals surface area contributed by atoms with E-state index in [0.29, 0.717) is 27.6 Å². The van der Waals surface area contributed by atoms with Gasteiger partial charge in [0.05, 0.1) is 16.8 Å². The van der Waals surface area contributed by atoms with E-state index in [2.05, 4.69) is 10.1 Å². The first-order valence-electron chi connectivity index (χ1n) is 6.97. The van der Waals surface area contributed by atoms with Gasteiger partial charge in [-0.25, -0.2) is 9.50 Å². The molecule has 2 aromatic heterocycles. The van der Waals surface area contributed by atoms with E-state index >= 15 is 0 Å². The summed E-state index contributed by atoms with van der Waals surface area (Å²) in [6.45, 7) is 3.80. The van der Waals surface area contributed by atoms with Crippen molar-refractivity contribution in [2.45, 2.75) is 20.0 Å². The molecule has 0 atom stereocenters. The SMILES string of the molecule is CC(C)Oc1cc(-c2cc(=O)n3[nH]cc(C#N)c3n2)ccc1Cl. The van der Waals surface area contributed by atoms with Crippen molar-refractivity contribution in [2.75, 3.05) is 0 Å². The Kier molecular flexibility index (Phi) is 3.80. The second-order valence-corrected chi connectivity index (χ2v) is 5.66. The number of fused-ring (bicyclic) bond motifs is 1. The van der Waals surface area contributed by atoms with Gasteiger partial charge in [0.2, 0.25) is 0 Å². The van der Waals surface area contributed by atoms with Crippen LogP contribution in [-0.4, -0.2) is 20.7 Å². The summed E-state index contributed by atoms with van der Waals surface area (Å²) < 4.78 is 6.88. The van der Waals surface area contributed by atoms with E-state index in [1.165, 1.54) is 16.8 Å². The van der Waals surface area contributed by atoms with Gasteiger partial charge >= 0.3 is 0 Å². The van der Waals surface area contributed by atoms with Crippen LogP contribution in [0.15, 0.2) is 35.3 Å². The number of ether oxygens (including phenoxy) is 1. The predicted octanol–water partition coefficient (Wildman–Crippen LogP) is 3.00. The van der Waals surface area contributed by atoms with Crippen molar-refractivity contribution in [1.82, 2.24) is 14.6 Å². The Hall–Kier alpha value is -2.78. The van der Waals surface area contributed by atoms with Gasteiger partial charge in [-0.15, -0.1) is 0 Å². The molecule has 0 aliphatic rings. The second kappa shape index (κ2) is 5.78. The lowest BCUT2D eigenvalue weighted by Crippen LogP contribution is -2.14. The third-order valence-corrected chi connectivity index (χ3v) is 3.52. The van der Waals surface area contributed by atoms with Gasteiger partial charge in [-0.3, -0.25) is 9.89 Å². The first-order valence-corrected chi connectivity index (χ1v) is 7.35. The van der Waals surface area contributed by atoms with E-state index in [9.17, 15) is 4.79 Å². The lowest BCUT2D eigenvalue weighted by atomic mass is 10.1.